The van der Waals surface area contributed by atoms with Crippen molar-refractivity contribution in [2.45, 2.75) is 18.0 Å². The Kier molecular flexibility index (Phi) is 9.17. The van der Waals surface area contributed by atoms with Gasteiger partial charge < -0.3 is 18.9 Å². The summed E-state index contributed by atoms with van der Waals surface area (Å²) in [6.45, 7) is 1.14. The first-order valence-electron chi connectivity index (χ1n) is 10.3. The maximum Gasteiger partial charge on any atom is 0.416 e. The van der Waals surface area contributed by atoms with Gasteiger partial charge in [0.2, 0.25) is 0 Å². The number of aryl methyl sites for hydroxylation is 1. The number of ether oxygens (including phenoxy) is 2. The zero-order chi connectivity index (χ0) is 26.8. The minimum absolute atomic E-state index is 0. The standard InChI is InChI=1S/C22H23F3N4O6S.ClH/c1-13-26-21(35-27-13)16-10-18(33-4)19(34-5)11-17(16)29(20(30)12-28(2)3)36(31,32)15-8-6-7-14(9-15)22(23,24)25;/h6-11H,12H2,1-5H3;1H. The third-order valence-electron chi connectivity index (χ3n) is 4.86. The van der Waals surface area contributed by atoms with Crippen molar-refractivity contribution >= 4 is 34.0 Å². The lowest BCUT2D eigenvalue weighted by atomic mass is 10.1. The molecule has 0 saturated carbocycles. The van der Waals surface area contributed by atoms with E-state index in [9.17, 15) is 26.4 Å². The summed E-state index contributed by atoms with van der Waals surface area (Å²) in [6.07, 6.45) is -4.81. The van der Waals surface area contributed by atoms with Crippen molar-refractivity contribution in [3.63, 3.8) is 0 Å². The summed E-state index contributed by atoms with van der Waals surface area (Å²) in [4.78, 5) is 18.1. The van der Waals surface area contributed by atoms with Crippen molar-refractivity contribution < 1.29 is 40.4 Å². The highest BCUT2D eigenvalue weighted by Gasteiger charge is 2.37. The van der Waals surface area contributed by atoms with Gasteiger partial charge >= 0.3 is 6.18 Å². The maximum atomic E-state index is 13.8. The van der Waals surface area contributed by atoms with Gasteiger partial charge in [-0.05, 0) is 45.3 Å². The van der Waals surface area contributed by atoms with Crippen molar-refractivity contribution in [3.05, 3.63) is 47.8 Å². The van der Waals surface area contributed by atoms with Gasteiger partial charge in [-0.3, -0.25) is 4.79 Å². The number of halogens is 4. The summed E-state index contributed by atoms with van der Waals surface area (Å²) in [5, 5.41) is 3.70. The fourth-order valence-corrected chi connectivity index (χ4v) is 4.76. The van der Waals surface area contributed by atoms with Crippen molar-refractivity contribution in [2.24, 2.45) is 0 Å². The second-order valence-electron chi connectivity index (χ2n) is 7.80. The Bertz CT molecular complexity index is 1380. The summed E-state index contributed by atoms with van der Waals surface area (Å²) >= 11 is 0. The topological polar surface area (TPSA) is 115 Å². The van der Waals surface area contributed by atoms with Crippen LogP contribution in [0.5, 0.6) is 11.5 Å². The lowest BCUT2D eigenvalue weighted by Gasteiger charge is -2.26. The quantitative estimate of drug-likeness (QED) is 0.403. The second-order valence-corrected chi connectivity index (χ2v) is 9.58. The smallest absolute Gasteiger partial charge is 0.416 e. The number of anilines is 1. The number of hydrogen-bond donors (Lipinski definition) is 0. The molecule has 0 unspecified atom stereocenters. The van der Waals surface area contributed by atoms with Crippen LogP contribution in [-0.4, -0.2) is 64.2 Å². The largest absolute Gasteiger partial charge is 0.493 e. The predicted octanol–water partition coefficient (Wildman–Crippen LogP) is 3.79. The van der Waals surface area contributed by atoms with Crippen LogP contribution >= 0.6 is 12.4 Å². The average molecular weight is 565 g/mol. The van der Waals surface area contributed by atoms with Crippen LogP contribution in [0, 0.1) is 6.92 Å². The van der Waals surface area contributed by atoms with Crippen LogP contribution in [0.1, 0.15) is 11.4 Å². The minimum Gasteiger partial charge on any atom is -0.493 e. The van der Waals surface area contributed by atoms with Crippen molar-refractivity contribution in [1.29, 1.82) is 0 Å². The number of rotatable bonds is 8. The van der Waals surface area contributed by atoms with E-state index >= 15 is 0 Å². The number of aromatic nitrogens is 2. The monoisotopic (exact) mass is 564 g/mol. The van der Waals surface area contributed by atoms with Crippen LogP contribution < -0.4 is 13.8 Å². The normalized spacial score (nSPS) is 11.7. The van der Waals surface area contributed by atoms with Crippen LogP contribution in [0.25, 0.3) is 11.5 Å². The molecule has 0 N–H and O–H groups in total. The number of methoxy groups -OCH3 is 2. The molecule has 0 spiro atoms. The molecule has 1 amide bonds. The van der Waals surface area contributed by atoms with Crippen LogP contribution in [0.15, 0.2) is 45.8 Å². The first-order valence-corrected chi connectivity index (χ1v) is 11.7. The SMILES string of the molecule is COc1cc(-c2nc(C)no2)c(N(C(=O)CN(C)C)S(=O)(=O)c2cccc(C(F)(F)F)c2)cc1OC.Cl. The number of likely N-dealkylation sites (N-methyl/N-ethyl adjacent to an activating group) is 1. The second kappa shape index (κ2) is 11.4. The number of alkyl halides is 3. The van der Waals surface area contributed by atoms with E-state index in [1.165, 1.54) is 52.3 Å². The van der Waals surface area contributed by atoms with E-state index in [0.29, 0.717) is 10.4 Å². The van der Waals surface area contributed by atoms with Gasteiger partial charge in [0.05, 0.1) is 42.5 Å². The number of carbonyl (C=O) groups is 1. The molecule has 202 valence electrons. The molecule has 0 aliphatic rings. The molecule has 0 fully saturated rings. The highest BCUT2D eigenvalue weighted by molar-refractivity contribution is 7.93. The van der Waals surface area contributed by atoms with E-state index < -0.39 is 39.1 Å². The highest BCUT2D eigenvalue weighted by Crippen LogP contribution is 2.42. The summed E-state index contributed by atoms with van der Waals surface area (Å²) < 4.78 is 83.7. The van der Waals surface area contributed by atoms with Gasteiger partial charge in [-0.15, -0.1) is 12.4 Å². The Hall–Kier alpha value is -3.36. The molecule has 3 aromatic rings. The van der Waals surface area contributed by atoms with E-state index in [4.69, 9.17) is 14.0 Å². The number of amides is 1. The van der Waals surface area contributed by atoms with Gasteiger partial charge in [0.1, 0.15) is 0 Å². The predicted molar refractivity (Wildman–Crippen MR) is 129 cm³/mol. The zero-order valence-electron chi connectivity index (χ0n) is 20.4. The molecular formula is C22H24ClF3N4O6S. The fraction of sp³-hybridized carbons (Fsp3) is 0.318. The highest BCUT2D eigenvalue weighted by atomic mass is 35.5. The van der Waals surface area contributed by atoms with E-state index in [-0.39, 0.29) is 46.9 Å². The molecule has 0 aliphatic heterocycles. The Morgan fingerprint density at radius 3 is 2.22 bits per heavy atom. The number of benzene rings is 2. The van der Waals surface area contributed by atoms with E-state index in [1.54, 1.807) is 0 Å². The van der Waals surface area contributed by atoms with E-state index in [0.717, 1.165) is 18.2 Å². The lowest BCUT2D eigenvalue weighted by molar-refractivity contribution is -0.137. The molecule has 10 nitrogen and oxygen atoms in total. The van der Waals surface area contributed by atoms with Crippen LogP contribution in [-0.2, 0) is 21.0 Å². The van der Waals surface area contributed by atoms with Gasteiger partial charge in [-0.1, -0.05) is 11.2 Å². The van der Waals surface area contributed by atoms with E-state index in [1.807, 2.05) is 0 Å². The van der Waals surface area contributed by atoms with Crippen molar-refractivity contribution in [2.75, 3.05) is 39.2 Å². The molecule has 1 heterocycles. The molecule has 37 heavy (non-hydrogen) atoms. The number of carbonyl (C=O) groups excluding carboxylic acids is 1. The molecule has 2 aromatic carbocycles. The first kappa shape index (κ1) is 29.9. The summed E-state index contributed by atoms with van der Waals surface area (Å²) in [6, 6.07) is 5.64. The molecule has 15 heteroatoms. The molecule has 0 saturated heterocycles. The van der Waals surface area contributed by atoms with Gasteiger partial charge in [0.25, 0.3) is 21.8 Å². The fourth-order valence-electron chi connectivity index (χ4n) is 3.28. The summed E-state index contributed by atoms with van der Waals surface area (Å²) in [7, 11) is 0.823. The Morgan fingerprint density at radius 2 is 1.70 bits per heavy atom. The lowest BCUT2D eigenvalue weighted by Crippen LogP contribution is -2.42. The summed E-state index contributed by atoms with van der Waals surface area (Å²) in [5.41, 5.74) is -1.49. The molecule has 3 rings (SSSR count). The number of nitrogens with zero attached hydrogens (tertiary/aromatic N) is 4. The molecule has 0 radical (unpaired) electrons. The Labute approximate surface area is 217 Å². The zero-order valence-corrected chi connectivity index (χ0v) is 22.0. The minimum atomic E-state index is -4.88. The number of hydrogen-bond acceptors (Lipinski definition) is 9. The third-order valence-corrected chi connectivity index (χ3v) is 6.59. The molecule has 0 aliphatic carbocycles. The van der Waals surface area contributed by atoms with Crippen LogP contribution in [0.4, 0.5) is 18.9 Å². The maximum absolute atomic E-state index is 13.8. The van der Waals surface area contributed by atoms with Crippen LogP contribution in [0.2, 0.25) is 0 Å². The molecule has 0 bridgehead atoms. The number of sulfonamides is 1. The first-order chi connectivity index (χ1) is 16.8. The molecule has 0 atom stereocenters. The summed E-state index contributed by atoms with van der Waals surface area (Å²) in [5.74, 6) is -0.678. The van der Waals surface area contributed by atoms with Crippen LogP contribution in [0.3, 0.4) is 0 Å². The van der Waals surface area contributed by atoms with Crippen molar-refractivity contribution in [3.8, 4) is 23.0 Å². The van der Waals surface area contributed by atoms with Gasteiger partial charge in [-0.25, -0.2) is 12.7 Å². The van der Waals surface area contributed by atoms with Crippen molar-refractivity contribution in [1.82, 2.24) is 15.0 Å². The molecular weight excluding hydrogens is 541 g/mol. The third kappa shape index (κ3) is 6.32. The van der Waals surface area contributed by atoms with Gasteiger partial charge in [0, 0.05) is 6.07 Å². The molecule has 1 aromatic heterocycles. The Morgan fingerprint density at radius 1 is 1.08 bits per heavy atom. The Balaban J connectivity index is 0.00000481. The van der Waals surface area contributed by atoms with Gasteiger partial charge in [-0.2, -0.15) is 18.2 Å². The van der Waals surface area contributed by atoms with Gasteiger partial charge in [0.15, 0.2) is 17.3 Å². The average Bonchev–Trinajstić information content (AvgIpc) is 3.23. The van der Waals surface area contributed by atoms with E-state index in [2.05, 4.69) is 10.1 Å².